The molecule has 7 heteroatoms. The van der Waals surface area contributed by atoms with Crippen LogP contribution in [0.15, 0.2) is 35.1 Å². The molecule has 0 bridgehead atoms. The van der Waals surface area contributed by atoms with Gasteiger partial charge in [0, 0.05) is 62.6 Å². The third-order valence-electron chi connectivity index (χ3n) is 9.19. The van der Waals surface area contributed by atoms with Gasteiger partial charge in [0.05, 0.1) is 30.6 Å². The van der Waals surface area contributed by atoms with Crippen molar-refractivity contribution in [2.75, 3.05) is 37.7 Å². The molecule has 2 aromatic rings. The average molecular weight is 533 g/mol. The van der Waals surface area contributed by atoms with Crippen molar-refractivity contribution < 1.29 is 14.3 Å². The Bertz CT molecular complexity index is 1310. The first kappa shape index (κ1) is 27.8. The maximum absolute atomic E-state index is 13.7. The smallest absolute Gasteiger partial charge is 0.163 e. The second-order valence-corrected chi connectivity index (χ2v) is 11.7. The SMILES string of the molecule is CCN(c1c(C)c(C(=O)CCC2=C(C)C=C(C)CC2=O)cc2c1cnn2C)C1CCC(N2CCOCC2)CC1. The molecule has 1 aromatic heterocycles. The Hall–Kier alpha value is -2.77. The van der Waals surface area contributed by atoms with Gasteiger partial charge < -0.3 is 9.64 Å². The predicted octanol–water partition coefficient (Wildman–Crippen LogP) is 5.55. The van der Waals surface area contributed by atoms with E-state index in [2.05, 4.69) is 34.8 Å². The fourth-order valence-corrected chi connectivity index (χ4v) is 7.11. The summed E-state index contributed by atoms with van der Waals surface area (Å²) in [6.45, 7) is 13.0. The summed E-state index contributed by atoms with van der Waals surface area (Å²) in [5.41, 5.74) is 6.84. The first-order valence-corrected chi connectivity index (χ1v) is 14.8. The Morgan fingerprint density at radius 3 is 2.51 bits per heavy atom. The zero-order valence-electron chi connectivity index (χ0n) is 24.4. The molecule has 0 N–H and O–H groups in total. The topological polar surface area (TPSA) is 67.7 Å². The number of benzene rings is 1. The Labute approximate surface area is 232 Å². The van der Waals surface area contributed by atoms with Crippen LogP contribution in [-0.2, 0) is 16.6 Å². The lowest BCUT2D eigenvalue weighted by Gasteiger charge is -2.43. The molecular weight excluding hydrogens is 488 g/mol. The normalized spacial score (nSPS) is 22.9. The number of rotatable bonds is 8. The van der Waals surface area contributed by atoms with Gasteiger partial charge in [0.25, 0.3) is 0 Å². The monoisotopic (exact) mass is 532 g/mol. The molecular formula is C32H44N4O3. The van der Waals surface area contributed by atoms with Crippen molar-refractivity contribution >= 4 is 28.2 Å². The highest BCUT2D eigenvalue weighted by molar-refractivity contribution is 6.07. The number of morpholine rings is 1. The molecule has 39 heavy (non-hydrogen) atoms. The van der Waals surface area contributed by atoms with Gasteiger partial charge in [0.1, 0.15) is 0 Å². The van der Waals surface area contributed by atoms with Gasteiger partial charge in [0.2, 0.25) is 0 Å². The molecule has 2 fully saturated rings. The summed E-state index contributed by atoms with van der Waals surface area (Å²) >= 11 is 0. The number of nitrogens with zero attached hydrogens (tertiary/aromatic N) is 4. The fourth-order valence-electron chi connectivity index (χ4n) is 7.11. The van der Waals surface area contributed by atoms with Crippen LogP contribution in [0.4, 0.5) is 5.69 Å². The molecule has 2 heterocycles. The lowest BCUT2D eigenvalue weighted by Crippen LogP contribution is -2.48. The zero-order chi connectivity index (χ0) is 27.7. The number of hydrogen-bond acceptors (Lipinski definition) is 6. The molecule has 0 spiro atoms. The van der Waals surface area contributed by atoms with Gasteiger partial charge >= 0.3 is 0 Å². The van der Waals surface area contributed by atoms with E-state index in [4.69, 9.17) is 4.74 Å². The molecule has 1 saturated carbocycles. The lowest BCUT2D eigenvalue weighted by molar-refractivity contribution is -0.115. The van der Waals surface area contributed by atoms with Gasteiger partial charge in [-0.25, -0.2) is 0 Å². The molecule has 0 unspecified atom stereocenters. The van der Waals surface area contributed by atoms with E-state index >= 15 is 0 Å². The van der Waals surface area contributed by atoms with Crippen LogP contribution in [0.2, 0.25) is 0 Å². The lowest BCUT2D eigenvalue weighted by atomic mass is 9.87. The maximum Gasteiger partial charge on any atom is 0.163 e. The van der Waals surface area contributed by atoms with Crippen molar-refractivity contribution in [1.29, 1.82) is 0 Å². The summed E-state index contributed by atoms with van der Waals surface area (Å²) in [6.07, 6.45) is 10.0. The number of hydrogen-bond donors (Lipinski definition) is 0. The number of ketones is 2. The van der Waals surface area contributed by atoms with Crippen molar-refractivity contribution in [3.8, 4) is 0 Å². The first-order chi connectivity index (χ1) is 18.8. The van der Waals surface area contributed by atoms with E-state index in [1.54, 1.807) is 0 Å². The highest BCUT2D eigenvalue weighted by atomic mass is 16.5. The number of ether oxygens (including phenoxy) is 1. The molecule has 0 atom stereocenters. The number of allylic oxidation sites excluding steroid dienone is 4. The molecule has 7 nitrogen and oxygen atoms in total. The standard InChI is InChI=1S/C32H44N4O3/c1-6-36(25-9-7-24(8-10-25)35-13-15-39-16-14-35)32-23(4)27(19-29-28(32)20-33-34(29)5)30(37)12-11-26-22(3)17-21(2)18-31(26)38/h17,19-20,24-25H,6-16,18H2,1-5H3. The van der Waals surface area contributed by atoms with Crippen LogP contribution in [0.5, 0.6) is 0 Å². The Morgan fingerprint density at radius 2 is 1.85 bits per heavy atom. The van der Waals surface area contributed by atoms with E-state index < -0.39 is 0 Å². The third-order valence-corrected chi connectivity index (χ3v) is 9.19. The zero-order valence-corrected chi connectivity index (χ0v) is 24.4. The molecule has 1 saturated heterocycles. The molecule has 1 aromatic carbocycles. The average Bonchev–Trinajstić information content (AvgIpc) is 3.30. The number of aryl methyl sites for hydroxylation is 1. The van der Waals surface area contributed by atoms with Crippen LogP contribution in [0.25, 0.3) is 10.9 Å². The highest BCUT2D eigenvalue weighted by Crippen LogP contribution is 2.38. The maximum atomic E-state index is 13.7. The van der Waals surface area contributed by atoms with Crippen molar-refractivity contribution in [3.63, 3.8) is 0 Å². The summed E-state index contributed by atoms with van der Waals surface area (Å²) in [5, 5.41) is 5.70. The Morgan fingerprint density at radius 1 is 1.13 bits per heavy atom. The van der Waals surface area contributed by atoms with Gasteiger partial charge in [0.15, 0.2) is 11.6 Å². The van der Waals surface area contributed by atoms with E-state index in [-0.39, 0.29) is 11.6 Å². The predicted molar refractivity (Wildman–Crippen MR) is 157 cm³/mol. The van der Waals surface area contributed by atoms with Crippen LogP contribution >= 0.6 is 0 Å². The van der Waals surface area contributed by atoms with Crippen LogP contribution in [0, 0.1) is 6.92 Å². The summed E-state index contributed by atoms with van der Waals surface area (Å²) in [5.74, 6) is 0.257. The molecule has 1 aliphatic heterocycles. The van der Waals surface area contributed by atoms with Crippen LogP contribution in [0.1, 0.15) is 81.6 Å². The molecule has 2 aliphatic carbocycles. The number of aromatic nitrogens is 2. The van der Waals surface area contributed by atoms with Crippen molar-refractivity contribution in [2.45, 2.75) is 84.7 Å². The van der Waals surface area contributed by atoms with E-state index in [0.717, 1.165) is 90.1 Å². The van der Waals surface area contributed by atoms with E-state index in [9.17, 15) is 9.59 Å². The van der Waals surface area contributed by atoms with Crippen molar-refractivity contribution in [1.82, 2.24) is 14.7 Å². The van der Waals surface area contributed by atoms with Gasteiger partial charge in [-0.3, -0.25) is 19.2 Å². The summed E-state index contributed by atoms with van der Waals surface area (Å²) < 4.78 is 7.45. The van der Waals surface area contributed by atoms with E-state index in [1.807, 2.05) is 37.8 Å². The minimum atomic E-state index is 0.100. The molecule has 5 rings (SSSR count). The highest BCUT2D eigenvalue weighted by Gasteiger charge is 2.32. The summed E-state index contributed by atoms with van der Waals surface area (Å²) in [7, 11) is 1.95. The molecule has 0 amide bonds. The minimum Gasteiger partial charge on any atom is -0.379 e. The second kappa shape index (κ2) is 11.8. The number of carbonyl (C=O) groups excluding carboxylic acids is 2. The Kier molecular flexibility index (Phi) is 8.38. The quantitative estimate of drug-likeness (QED) is 0.415. The number of Topliss-reactive ketones (excluding diaryl/α,β-unsaturated/α-hetero) is 2. The largest absolute Gasteiger partial charge is 0.379 e. The first-order valence-electron chi connectivity index (χ1n) is 14.8. The summed E-state index contributed by atoms with van der Waals surface area (Å²) in [4.78, 5) is 31.5. The molecule has 210 valence electrons. The van der Waals surface area contributed by atoms with Gasteiger partial charge in [-0.1, -0.05) is 11.6 Å². The number of carbonyl (C=O) groups is 2. The van der Waals surface area contributed by atoms with Crippen molar-refractivity contribution in [3.05, 3.63) is 46.2 Å². The number of anilines is 1. The second-order valence-electron chi connectivity index (χ2n) is 11.7. The van der Waals surface area contributed by atoms with Gasteiger partial charge in [-0.2, -0.15) is 5.10 Å². The molecule has 0 radical (unpaired) electrons. The summed E-state index contributed by atoms with van der Waals surface area (Å²) in [6, 6.07) is 3.11. The Balaban J connectivity index is 1.40. The van der Waals surface area contributed by atoms with E-state index in [1.165, 1.54) is 12.8 Å². The third kappa shape index (κ3) is 5.62. The van der Waals surface area contributed by atoms with Gasteiger partial charge in [-0.15, -0.1) is 0 Å². The molecule has 3 aliphatic rings. The van der Waals surface area contributed by atoms with Crippen molar-refractivity contribution in [2.24, 2.45) is 7.05 Å². The fraction of sp³-hybridized carbons (Fsp3) is 0.594. The van der Waals surface area contributed by atoms with Crippen LogP contribution in [0.3, 0.4) is 0 Å². The minimum absolute atomic E-state index is 0.100. The van der Waals surface area contributed by atoms with Crippen LogP contribution in [-0.4, -0.2) is 71.2 Å². The number of fused-ring (bicyclic) bond motifs is 1. The van der Waals surface area contributed by atoms with Gasteiger partial charge in [-0.05, 0) is 82.6 Å². The van der Waals surface area contributed by atoms with Crippen LogP contribution < -0.4 is 4.90 Å². The van der Waals surface area contributed by atoms with E-state index in [0.29, 0.717) is 31.3 Å².